The molecule has 0 N–H and O–H groups in total. The summed E-state index contributed by atoms with van der Waals surface area (Å²) in [4.78, 5) is 15.9. The number of halogens is 3. The average molecular weight is 424 g/mol. The molecule has 0 radical (unpaired) electrons. The van der Waals surface area contributed by atoms with Crippen LogP contribution in [0.5, 0.6) is 0 Å². The first-order chi connectivity index (χ1) is 8.08. The molecule has 88 valence electrons. The predicted molar refractivity (Wildman–Crippen MR) is 74.9 cm³/mol. The van der Waals surface area contributed by atoms with E-state index in [0.717, 1.165) is 10.0 Å². The first kappa shape index (κ1) is 12.9. The van der Waals surface area contributed by atoms with Gasteiger partial charge in [-0.3, -0.25) is 9.78 Å². The second-order valence-electron chi connectivity index (χ2n) is 3.28. The van der Waals surface area contributed by atoms with E-state index in [4.69, 9.17) is 0 Å². The lowest BCUT2D eigenvalue weighted by atomic mass is 10.3. The van der Waals surface area contributed by atoms with Crippen molar-refractivity contribution in [3.8, 4) is 0 Å². The van der Waals surface area contributed by atoms with Gasteiger partial charge in [-0.25, -0.2) is 4.68 Å². The molecule has 2 aromatic rings. The van der Waals surface area contributed by atoms with Gasteiger partial charge >= 0.3 is 0 Å². The Kier molecular flexibility index (Phi) is 4.11. The second kappa shape index (κ2) is 5.41. The molecule has 7 heteroatoms. The maximum absolute atomic E-state index is 11.9. The predicted octanol–water partition coefficient (Wildman–Crippen LogP) is 2.97. The van der Waals surface area contributed by atoms with Gasteiger partial charge in [0.15, 0.2) is 0 Å². The molecule has 0 spiro atoms. The van der Waals surface area contributed by atoms with Gasteiger partial charge in [0, 0.05) is 16.9 Å². The van der Waals surface area contributed by atoms with E-state index < -0.39 is 0 Å². The number of rotatable bonds is 2. The molecule has 2 heterocycles. The molecule has 0 bridgehead atoms. The summed E-state index contributed by atoms with van der Waals surface area (Å²) >= 11 is 9.78. The molecule has 2 aromatic heterocycles. The van der Waals surface area contributed by atoms with E-state index in [0.29, 0.717) is 15.5 Å². The maximum Gasteiger partial charge on any atom is 0.282 e. The zero-order chi connectivity index (χ0) is 12.4. The lowest BCUT2D eigenvalue weighted by Gasteiger charge is -2.05. The van der Waals surface area contributed by atoms with Gasteiger partial charge in [0.05, 0.1) is 17.2 Å². The summed E-state index contributed by atoms with van der Waals surface area (Å²) in [6.07, 6.45) is 4.98. The molecule has 0 saturated heterocycles. The Bertz CT molecular complexity index is 612. The molecule has 4 nitrogen and oxygen atoms in total. The summed E-state index contributed by atoms with van der Waals surface area (Å²) in [5.41, 5.74) is 0.725. The van der Waals surface area contributed by atoms with Crippen LogP contribution in [0.4, 0.5) is 0 Å². The molecule has 0 saturated carbocycles. The third-order valence-electron chi connectivity index (χ3n) is 2.04. The largest absolute Gasteiger partial charge is 0.282 e. The van der Waals surface area contributed by atoms with Crippen LogP contribution >= 0.6 is 47.8 Å². The minimum absolute atomic E-state index is 0.181. The Balaban J connectivity index is 2.37. The number of aromatic nitrogens is 3. The molecule has 0 fully saturated rings. The molecule has 0 aliphatic carbocycles. The van der Waals surface area contributed by atoms with E-state index in [-0.39, 0.29) is 5.56 Å². The van der Waals surface area contributed by atoms with Gasteiger partial charge < -0.3 is 0 Å². The summed E-state index contributed by atoms with van der Waals surface area (Å²) in [5, 5.41) is 4.05. The Morgan fingerprint density at radius 1 is 1.18 bits per heavy atom. The molecule has 0 aromatic carbocycles. The van der Waals surface area contributed by atoms with Crippen molar-refractivity contribution >= 4 is 47.8 Å². The van der Waals surface area contributed by atoms with E-state index in [1.54, 1.807) is 18.6 Å². The lowest BCUT2D eigenvalue weighted by molar-refractivity contribution is 0.631. The van der Waals surface area contributed by atoms with Crippen LogP contribution < -0.4 is 5.56 Å². The Morgan fingerprint density at radius 2 is 1.94 bits per heavy atom. The highest BCUT2D eigenvalue weighted by Crippen LogP contribution is 2.17. The Hall–Kier alpha value is -0.530. The van der Waals surface area contributed by atoms with Crippen LogP contribution in [0.25, 0.3) is 0 Å². The number of nitrogens with zero attached hydrogens (tertiary/aromatic N) is 3. The van der Waals surface area contributed by atoms with Gasteiger partial charge in [-0.15, -0.1) is 0 Å². The molecule has 0 amide bonds. The highest BCUT2D eigenvalue weighted by Gasteiger charge is 2.07. The molecule has 2 rings (SSSR count). The van der Waals surface area contributed by atoms with Gasteiger partial charge in [-0.05, 0) is 59.4 Å². The zero-order valence-corrected chi connectivity index (χ0v) is 13.2. The fourth-order valence-corrected chi connectivity index (χ4v) is 2.25. The number of pyridine rings is 1. The number of hydrogen-bond acceptors (Lipinski definition) is 3. The van der Waals surface area contributed by atoms with Gasteiger partial charge in [-0.2, -0.15) is 5.10 Å². The Morgan fingerprint density at radius 3 is 2.65 bits per heavy atom. The second-order valence-corrected chi connectivity index (χ2v) is 5.84. The van der Waals surface area contributed by atoms with Crippen LogP contribution in [-0.2, 0) is 6.54 Å². The highest BCUT2D eigenvalue weighted by molar-refractivity contribution is 9.13. The monoisotopic (exact) mass is 421 g/mol. The molecule has 0 aliphatic heterocycles. The van der Waals surface area contributed by atoms with Crippen LogP contribution in [0.15, 0.2) is 42.9 Å². The third kappa shape index (κ3) is 3.02. The molecular formula is C10H6Br3N3O. The van der Waals surface area contributed by atoms with Crippen molar-refractivity contribution in [1.82, 2.24) is 14.8 Å². The first-order valence-corrected chi connectivity index (χ1v) is 6.96. The SMILES string of the molecule is O=c1c(Br)c(Br)cnn1Cc1cncc(Br)c1. The summed E-state index contributed by atoms with van der Waals surface area (Å²) < 4.78 is 3.36. The minimum Gasteiger partial charge on any atom is -0.266 e. The summed E-state index contributed by atoms with van der Waals surface area (Å²) in [6.45, 7) is 0.386. The van der Waals surface area contributed by atoms with Crippen molar-refractivity contribution in [3.05, 3.63) is 54.0 Å². The van der Waals surface area contributed by atoms with Crippen LogP contribution in [0, 0.1) is 0 Å². The quantitative estimate of drug-likeness (QED) is 0.746. The van der Waals surface area contributed by atoms with E-state index in [2.05, 4.69) is 57.9 Å². The molecule has 0 unspecified atom stereocenters. The van der Waals surface area contributed by atoms with Crippen LogP contribution in [0.2, 0.25) is 0 Å². The summed E-state index contributed by atoms with van der Waals surface area (Å²) in [6, 6.07) is 1.90. The molecule has 17 heavy (non-hydrogen) atoms. The number of hydrogen-bond donors (Lipinski definition) is 0. The van der Waals surface area contributed by atoms with E-state index in [9.17, 15) is 4.79 Å². The van der Waals surface area contributed by atoms with Crippen molar-refractivity contribution in [1.29, 1.82) is 0 Å². The summed E-state index contributed by atoms with van der Waals surface area (Å²) in [5.74, 6) is 0. The topological polar surface area (TPSA) is 47.8 Å². The normalized spacial score (nSPS) is 10.5. The van der Waals surface area contributed by atoms with Crippen LogP contribution in [-0.4, -0.2) is 14.8 Å². The summed E-state index contributed by atoms with van der Waals surface area (Å²) in [7, 11) is 0. The maximum atomic E-state index is 11.9. The Labute approximate surface area is 122 Å². The van der Waals surface area contributed by atoms with Crippen LogP contribution in [0.1, 0.15) is 5.56 Å². The van der Waals surface area contributed by atoms with Crippen molar-refractivity contribution in [2.45, 2.75) is 6.54 Å². The van der Waals surface area contributed by atoms with Crippen LogP contribution in [0.3, 0.4) is 0 Å². The van der Waals surface area contributed by atoms with Gasteiger partial charge in [0.1, 0.15) is 4.47 Å². The minimum atomic E-state index is -0.181. The van der Waals surface area contributed by atoms with Gasteiger partial charge in [-0.1, -0.05) is 0 Å². The average Bonchev–Trinajstić information content (AvgIpc) is 2.30. The smallest absolute Gasteiger partial charge is 0.266 e. The van der Waals surface area contributed by atoms with E-state index in [1.807, 2.05) is 6.07 Å². The molecule has 0 aliphatic rings. The van der Waals surface area contributed by atoms with Gasteiger partial charge in [0.2, 0.25) is 0 Å². The van der Waals surface area contributed by atoms with Crippen molar-refractivity contribution in [3.63, 3.8) is 0 Å². The molecular weight excluding hydrogens is 418 g/mol. The lowest BCUT2D eigenvalue weighted by Crippen LogP contribution is -2.24. The van der Waals surface area contributed by atoms with Crippen molar-refractivity contribution < 1.29 is 0 Å². The fraction of sp³-hybridized carbons (Fsp3) is 0.100. The third-order valence-corrected chi connectivity index (χ3v) is 4.37. The molecule has 0 atom stereocenters. The van der Waals surface area contributed by atoms with E-state index in [1.165, 1.54) is 4.68 Å². The fourth-order valence-electron chi connectivity index (χ4n) is 1.27. The first-order valence-electron chi connectivity index (χ1n) is 4.58. The van der Waals surface area contributed by atoms with Gasteiger partial charge in [0.25, 0.3) is 5.56 Å². The van der Waals surface area contributed by atoms with Crippen molar-refractivity contribution in [2.24, 2.45) is 0 Å². The standard InChI is InChI=1S/C10H6Br3N3O/c11-7-1-6(2-14-3-7)5-16-10(17)9(13)8(12)4-15-16/h1-4H,5H2. The zero-order valence-electron chi connectivity index (χ0n) is 8.40. The highest BCUT2D eigenvalue weighted by atomic mass is 79.9. The van der Waals surface area contributed by atoms with Crippen molar-refractivity contribution in [2.75, 3.05) is 0 Å². The van der Waals surface area contributed by atoms with E-state index >= 15 is 0 Å².